The van der Waals surface area contributed by atoms with E-state index in [1.807, 2.05) is 13.8 Å². The number of hydrogen-bond acceptors (Lipinski definition) is 3. The molecule has 0 aliphatic heterocycles. The average molecular weight is 257 g/mol. The van der Waals surface area contributed by atoms with Gasteiger partial charge in [0, 0.05) is 18.2 Å². The third-order valence-electron chi connectivity index (χ3n) is 2.59. The van der Waals surface area contributed by atoms with Crippen LogP contribution in [0.4, 0.5) is 0 Å². The van der Waals surface area contributed by atoms with Crippen LogP contribution in [0.2, 0.25) is 5.02 Å². The minimum absolute atomic E-state index is 0.0394. The Hall–Kier alpha value is -1.26. The largest absolute Gasteiger partial charge is 0.506 e. The molecule has 1 aromatic carbocycles. The molecule has 0 bridgehead atoms. The van der Waals surface area contributed by atoms with Crippen LogP contribution in [0.3, 0.4) is 0 Å². The van der Waals surface area contributed by atoms with E-state index < -0.39 is 0 Å². The zero-order chi connectivity index (χ0) is 13.0. The topological polar surface area (TPSA) is 75.3 Å². The number of rotatable bonds is 4. The van der Waals surface area contributed by atoms with E-state index in [1.165, 1.54) is 18.2 Å². The molecule has 0 fully saturated rings. The number of phenols is 1. The van der Waals surface area contributed by atoms with Crippen LogP contribution in [-0.4, -0.2) is 23.6 Å². The number of aromatic hydroxyl groups is 1. The van der Waals surface area contributed by atoms with Gasteiger partial charge < -0.3 is 16.2 Å². The summed E-state index contributed by atoms with van der Waals surface area (Å²) in [6.45, 7) is 4.36. The molecule has 0 saturated heterocycles. The lowest BCUT2D eigenvalue weighted by atomic mass is 10.0. The summed E-state index contributed by atoms with van der Waals surface area (Å²) in [7, 11) is 0. The van der Waals surface area contributed by atoms with Crippen molar-refractivity contribution in [3.8, 4) is 5.75 Å². The monoisotopic (exact) mass is 256 g/mol. The molecule has 0 aromatic heterocycles. The molecule has 0 radical (unpaired) electrons. The van der Waals surface area contributed by atoms with Gasteiger partial charge in [-0.1, -0.05) is 25.4 Å². The number of carbonyl (C=O) groups is 1. The molecule has 1 rings (SSSR count). The molecule has 0 saturated carbocycles. The van der Waals surface area contributed by atoms with Crippen LogP contribution in [0, 0.1) is 5.92 Å². The fourth-order valence-corrected chi connectivity index (χ4v) is 1.58. The van der Waals surface area contributed by atoms with Crippen LogP contribution in [-0.2, 0) is 0 Å². The van der Waals surface area contributed by atoms with Gasteiger partial charge in [0.2, 0.25) is 0 Å². The van der Waals surface area contributed by atoms with Gasteiger partial charge in [-0.3, -0.25) is 4.79 Å². The molecule has 1 atom stereocenters. The number of nitrogens with one attached hydrogen (secondary N) is 1. The standard InChI is InChI=1S/C12H17ClN2O2/c1-7(2)10(6-14)15-12(17)8-3-4-11(16)9(13)5-8/h3-5,7,10,16H,6,14H2,1-2H3,(H,15,17). The molecule has 1 unspecified atom stereocenters. The van der Waals surface area contributed by atoms with Gasteiger partial charge in [0.25, 0.3) is 5.91 Å². The van der Waals surface area contributed by atoms with Crippen LogP contribution >= 0.6 is 11.6 Å². The fraction of sp³-hybridized carbons (Fsp3) is 0.417. The predicted octanol–water partition coefficient (Wildman–Crippen LogP) is 1.76. The van der Waals surface area contributed by atoms with Gasteiger partial charge in [-0.15, -0.1) is 0 Å². The maximum absolute atomic E-state index is 11.9. The van der Waals surface area contributed by atoms with Crippen molar-refractivity contribution in [2.75, 3.05) is 6.54 Å². The molecule has 94 valence electrons. The van der Waals surface area contributed by atoms with Crippen LogP contribution < -0.4 is 11.1 Å². The highest BCUT2D eigenvalue weighted by molar-refractivity contribution is 6.32. The summed E-state index contributed by atoms with van der Waals surface area (Å²) in [4.78, 5) is 11.9. The maximum Gasteiger partial charge on any atom is 0.251 e. The van der Waals surface area contributed by atoms with Crippen molar-refractivity contribution in [2.45, 2.75) is 19.9 Å². The summed E-state index contributed by atoms with van der Waals surface area (Å²) >= 11 is 5.74. The summed E-state index contributed by atoms with van der Waals surface area (Å²) in [5.74, 6) is -0.0185. The number of nitrogens with two attached hydrogens (primary N) is 1. The number of carbonyl (C=O) groups excluding carboxylic acids is 1. The van der Waals surface area contributed by atoms with E-state index in [2.05, 4.69) is 5.32 Å². The van der Waals surface area contributed by atoms with E-state index in [9.17, 15) is 9.90 Å². The molecule has 4 N–H and O–H groups in total. The normalized spacial score (nSPS) is 12.5. The first-order valence-corrected chi connectivity index (χ1v) is 5.83. The summed E-state index contributed by atoms with van der Waals surface area (Å²) in [5, 5.41) is 12.2. The van der Waals surface area contributed by atoms with Gasteiger partial charge in [-0.05, 0) is 24.1 Å². The molecule has 0 aliphatic rings. The quantitative estimate of drug-likeness (QED) is 0.768. The van der Waals surface area contributed by atoms with Crippen LogP contribution in [0.1, 0.15) is 24.2 Å². The lowest BCUT2D eigenvalue weighted by Gasteiger charge is -2.20. The minimum Gasteiger partial charge on any atom is -0.506 e. The third kappa shape index (κ3) is 3.61. The molecule has 0 spiro atoms. The molecule has 0 heterocycles. The van der Waals surface area contributed by atoms with Crippen molar-refractivity contribution in [2.24, 2.45) is 11.7 Å². The van der Waals surface area contributed by atoms with Gasteiger partial charge >= 0.3 is 0 Å². The number of amides is 1. The van der Waals surface area contributed by atoms with E-state index in [0.717, 1.165) is 0 Å². The smallest absolute Gasteiger partial charge is 0.251 e. The Morgan fingerprint density at radius 1 is 1.53 bits per heavy atom. The van der Waals surface area contributed by atoms with Crippen molar-refractivity contribution in [3.63, 3.8) is 0 Å². The van der Waals surface area contributed by atoms with Crippen LogP contribution in [0.25, 0.3) is 0 Å². The van der Waals surface area contributed by atoms with Crippen LogP contribution in [0.5, 0.6) is 5.75 Å². The van der Waals surface area contributed by atoms with Crippen molar-refractivity contribution in [1.29, 1.82) is 0 Å². The molecule has 0 aliphatic carbocycles. The lowest BCUT2D eigenvalue weighted by molar-refractivity contribution is 0.0928. The fourth-order valence-electron chi connectivity index (χ4n) is 1.40. The van der Waals surface area contributed by atoms with Crippen molar-refractivity contribution < 1.29 is 9.90 Å². The molecule has 5 heteroatoms. The van der Waals surface area contributed by atoms with Gasteiger partial charge in [0.05, 0.1) is 5.02 Å². The Morgan fingerprint density at radius 3 is 2.65 bits per heavy atom. The van der Waals surface area contributed by atoms with Gasteiger partial charge in [0.1, 0.15) is 5.75 Å². The van der Waals surface area contributed by atoms with E-state index in [-0.39, 0.29) is 28.6 Å². The van der Waals surface area contributed by atoms with Gasteiger partial charge in [0.15, 0.2) is 0 Å². The molecule has 4 nitrogen and oxygen atoms in total. The van der Waals surface area contributed by atoms with E-state index in [4.69, 9.17) is 17.3 Å². The minimum atomic E-state index is -0.240. The van der Waals surface area contributed by atoms with E-state index in [0.29, 0.717) is 12.1 Å². The van der Waals surface area contributed by atoms with E-state index >= 15 is 0 Å². The van der Waals surface area contributed by atoms with Crippen molar-refractivity contribution >= 4 is 17.5 Å². The zero-order valence-corrected chi connectivity index (χ0v) is 10.7. The molecule has 17 heavy (non-hydrogen) atoms. The van der Waals surface area contributed by atoms with E-state index in [1.54, 1.807) is 0 Å². The van der Waals surface area contributed by atoms with Crippen molar-refractivity contribution in [1.82, 2.24) is 5.32 Å². The number of hydrogen-bond donors (Lipinski definition) is 3. The highest BCUT2D eigenvalue weighted by Gasteiger charge is 2.16. The third-order valence-corrected chi connectivity index (χ3v) is 2.89. The Labute approximate surface area is 106 Å². The second-order valence-corrected chi connectivity index (χ2v) is 4.63. The van der Waals surface area contributed by atoms with Crippen LogP contribution in [0.15, 0.2) is 18.2 Å². The number of benzene rings is 1. The second kappa shape index (κ2) is 5.89. The zero-order valence-electron chi connectivity index (χ0n) is 9.90. The van der Waals surface area contributed by atoms with Gasteiger partial charge in [-0.25, -0.2) is 0 Å². The molecular formula is C12H17ClN2O2. The molecular weight excluding hydrogens is 240 g/mol. The SMILES string of the molecule is CC(C)C(CN)NC(=O)c1ccc(O)c(Cl)c1. The second-order valence-electron chi connectivity index (χ2n) is 4.23. The number of phenolic OH excluding ortho intramolecular Hbond substituents is 1. The van der Waals surface area contributed by atoms with Gasteiger partial charge in [-0.2, -0.15) is 0 Å². The highest BCUT2D eigenvalue weighted by atomic mass is 35.5. The van der Waals surface area contributed by atoms with Crippen molar-refractivity contribution in [3.05, 3.63) is 28.8 Å². The Morgan fingerprint density at radius 2 is 2.18 bits per heavy atom. The Bertz CT molecular complexity index is 407. The summed E-state index contributed by atoms with van der Waals surface area (Å²) in [6.07, 6.45) is 0. The highest BCUT2D eigenvalue weighted by Crippen LogP contribution is 2.23. The molecule has 1 aromatic rings. The first-order chi connectivity index (χ1) is 7.95. The molecule has 1 amide bonds. The summed E-state index contributed by atoms with van der Waals surface area (Å²) in [6, 6.07) is 4.27. The number of halogens is 1. The lowest BCUT2D eigenvalue weighted by Crippen LogP contribution is -2.43. The Kier molecular flexibility index (Phi) is 4.78. The maximum atomic E-state index is 11.9. The first kappa shape index (κ1) is 13.8. The predicted molar refractivity (Wildman–Crippen MR) is 68.3 cm³/mol. The summed E-state index contributed by atoms with van der Waals surface area (Å²) in [5.41, 5.74) is 5.98. The first-order valence-electron chi connectivity index (χ1n) is 5.45. The average Bonchev–Trinajstić information content (AvgIpc) is 2.28. The Balaban J connectivity index is 2.79. The summed E-state index contributed by atoms with van der Waals surface area (Å²) < 4.78 is 0.